The van der Waals surface area contributed by atoms with Crippen molar-refractivity contribution in [1.29, 1.82) is 0 Å². The van der Waals surface area contributed by atoms with Gasteiger partial charge < -0.3 is 25.4 Å². The second-order valence-electron chi connectivity index (χ2n) is 5.57. The first-order valence-corrected chi connectivity index (χ1v) is 7.13. The van der Waals surface area contributed by atoms with Gasteiger partial charge in [-0.25, -0.2) is 4.79 Å². The van der Waals surface area contributed by atoms with E-state index in [2.05, 4.69) is 22.6 Å². The number of nitrogens with zero attached hydrogens (tertiary/aromatic N) is 1. The van der Waals surface area contributed by atoms with Gasteiger partial charge in [0.25, 0.3) is 0 Å². The molecule has 0 bridgehead atoms. The van der Waals surface area contributed by atoms with Crippen LogP contribution in [0, 0.1) is 5.92 Å². The van der Waals surface area contributed by atoms with Crippen molar-refractivity contribution in [1.82, 2.24) is 15.5 Å². The SMILES string of the molecule is CN1CCCCC1CNC(=O)NC1COCC1C(=O)O. The van der Waals surface area contributed by atoms with Gasteiger partial charge in [0.15, 0.2) is 0 Å². The summed E-state index contributed by atoms with van der Waals surface area (Å²) in [6, 6.07) is -0.396. The van der Waals surface area contributed by atoms with Gasteiger partial charge in [0.2, 0.25) is 0 Å². The van der Waals surface area contributed by atoms with Crippen LogP contribution in [0.25, 0.3) is 0 Å². The molecule has 2 fully saturated rings. The molecule has 2 rings (SSSR count). The van der Waals surface area contributed by atoms with Gasteiger partial charge in [-0.3, -0.25) is 4.79 Å². The van der Waals surface area contributed by atoms with Crippen molar-refractivity contribution in [3.63, 3.8) is 0 Å². The Hall–Kier alpha value is -1.34. The lowest BCUT2D eigenvalue weighted by Crippen LogP contribution is -2.51. The van der Waals surface area contributed by atoms with Gasteiger partial charge in [-0.15, -0.1) is 0 Å². The van der Waals surface area contributed by atoms with E-state index in [0.29, 0.717) is 12.6 Å². The molecule has 2 saturated heterocycles. The number of hydrogen-bond donors (Lipinski definition) is 3. The zero-order valence-corrected chi connectivity index (χ0v) is 11.8. The monoisotopic (exact) mass is 285 g/mol. The highest BCUT2D eigenvalue weighted by atomic mass is 16.5. The Balaban J connectivity index is 1.73. The third-order valence-electron chi connectivity index (χ3n) is 4.13. The van der Waals surface area contributed by atoms with Crippen molar-refractivity contribution in [3.8, 4) is 0 Å². The van der Waals surface area contributed by atoms with E-state index in [-0.39, 0.29) is 19.2 Å². The summed E-state index contributed by atoms with van der Waals surface area (Å²) in [5.41, 5.74) is 0. The molecule has 7 nitrogen and oxygen atoms in total. The number of amides is 2. The molecular weight excluding hydrogens is 262 g/mol. The molecule has 0 radical (unpaired) electrons. The average molecular weight is 285 g/mol. The van der Waals surface area contributed by atoms with E-state index in [9.17, 15) is 9.59 Å². The van der Waals surface area contributed by atoms with Crippen molar-refractivity contribution in [3.05, 3.63) is 0 Å². The molecule has 3 atom stereocenters. The van der Waals surface area contributed by atoms with Gasteiger partial charge in [0, 0.05) is 12.6 Å². The first-order chi connectivity index (χ1) is 9.58. The predicted octanol–water partition coefficient (Wildman–Crippen LogP) is -0.130. The minimum absolute atomic E-state index is 0.158. The van der Waals surface area contributed by atoms with Crippen LogP contribution < -0.4 is 10.6 Å². The van der Waals surface area contributed by atoms with E-state index < -0.39 is 17.9 Å². The maximum atomic E-state index is 11.8. The Bertz CT molecular complexity index is 364. The summed E-state index contributed by atoms with van der Waals surface area (Å²) in [5, 5.41) is 14.5. The molecule has 114 valence electrons. The highest BCUT2D eigenvalue weighted by Gasteiger charge is 2.35. The topological polar surface area (TPSA) is 90.9 Å². The second-order valence-corrected chi connectivity index (χ2v) is 5.57. The number of urea groups is 1. The molecule has 0 aliphatic carbocycles. The van der Waals surface area contributed by atoms with Crippen molar-refractivity contribution < 1.29 is 19.4 Å². The van der Waals surface area contributed by atoms with E-state index >= 15 is 0 Å². The number of rotatable bonds is 4. The molecule has 0 aromatic carbocycles. The van der Waals surface area contributed by atoms with Crippen LogP contribution in [0.3, 0.4) is 0 Å². The average Bonchev–Trinajstić information content (AvgIpc) is 2.86. The van der Waals surface area contributed by atoms with Gasteiger partial charge in [0.05, 0.1) is 19.3 Å². The van der Waals surface area contributed by atoms with Crippen LogP contribution in [0.4, 0.5) is 4.79 Å². The largest absolute Gasteiger partial charge is 0.481 e. The number of aliphatic carboxylic acids is 1. The Morgan fingerprint density at radius 1 is 1.35 bits per heavy atom. The highest BCUT2D eigenvalue weighted by Crippen LogP contribution is 2.15. The Kier molecular flexibility index (Phi) is 5.19. The fraction of sp³-hybridized carbons (Fsp3) is 0.846. The summed E-state index contributed by atoms with van der Waals surface area (Å²) in [6.07, 6.45) is 3.48. The summed E-state index contributed by atoms with van der Waals surface area (Å²) in [7, 11) is 2.06. The van der Waals surface area contributed by atoms with E-state index in [1.54, 1.807) is 0 Å². The third-order valence-corrected chi connectivity index (χ3v) is 4.13. The molecule has 2 heterocycles. The van der Waals surface area contributed by atoms with Crippen LogP contribution in [0.1, 0.15) is 19.3 Å². The normalized spacial score (nSPS) is 30.9. The number of ether oxygens (including phenoxy) is 1. The van der Waals surface area contributed by atoms with Crippen molar-refractivity contribution in [2.45, 2.75) is 31.3 Å². The van der Waals surface area contributed by atoms with Gasteiger partial charge in [-0.1, -0.05) is 6.42 Å². The number of piperidine rings is 1. The van der Waals surface area contributed by atoms with Gasteiger partial charge >= 0.3 is 12.0 Å². The van der Waals surface area contributed by atoms with E-state index in [4.69, 9.17) is 9.84 Å². The fourth-order valence-electron chi connectivity index (χ4n) is 2.77. The molecule has 2 aliphatic rings. The van der Waals surface area contributed by atoms with Crippen molar-refractivity contribution >= 4 is 12.0 Å². The number of carboxylic acids is 1. The zero-order valence-electron chi connectivity index (χ0n) is 11.8. The molecule has 0 aromatic heterocycles. The minimum Gasteiger partial charge on any atom is -0.481 e. The van der Waals surface area contributed by atoms with Crippen LogP contribution in [0.5, 0.6) is 0 Å². The number of likely N-dealkylation sites (N-methyl/N-ethyl adjacent to an activating group) is 1. The molecule has 7 heteroatoms. The summed E-state index contributed by atoms with van der Waals surface area (Å²) in [6.45, 7) is 2.07. The first kappa shape index (κ1) is 15.1. The number of hydrogen-bond acceptors (Lipinski definition) is 4. The number of nitrogens with one attached hydrogen (secondary N) is 2. The Morgan fingerprint density at radius 2 is 2.15 bits per heavy atom. The number of likely N-dealkylation sites (tertiary alicyclic amines) is 1. The Morgan fingerprint density at radius 3 is 2.85 bits per heavy atom. The van der Waals surface area contributed by atoms with Crippen molar-refractivity contribution in [2.24, 2.45) is 5.92 Å². The van der Waals surface area contributed by atoms with Crippen LogP contribution in [0.15, 0.2) is 0 Å². The smallest absolute Gasteiger partial charge is 0.315 e. The molecule has 0 aromatic rings. The van der Waals surface area contributed by atoms with Crippen LogP contribution in [0.2, 0.25) is 0 Å². The molecular formula is C13H23N3O4. The van der Waals surface area contributed by atoms with Crippen LogP contribution >= 0.6 is 0 Å². The lowest BCUT2D eigenvalue weighted by molar-refractivity contribution is -0.142. The number of carbonyl (C=O) groups excluding carboxylic acids is 1. The van der Waals surface area contributed by atoms with Crippen LogP contribution in [-0.2, 0) is 9.53 Å². The van der Waals surface area contributed by atoms with E-state index in [1.807, 2.05) is 0 Å². The standard InChI is InChI=1S/C13H23N3O4/c1-16-5-3-2-4-9(16)6-14-13(19)15-11-8-20-7-10(11)12(17)18/h9-11H,2-8H2,1H3,(H,17,18)(H2,14,15,19). The molecule has 0 spiro atoms. The quantitative estimate of drug-likeness (QED) is 0.669. The lowest BCUT2D eigenvalue weighted by atomic mass is 10.0. The van der Waals surface area contributed by atoms with Crippen LogP contribution in [-0.4, -0.2) is 67.4 Å². The summed E-state index contributed by atoms with van der Waals surface area (Å²) < 4.78 is 5.11. The maximum absolute atomic E-state index is 11.8. The van der Waals surface area contributed by atoms with Gasteiger partial charge in [-0.2, -0.15) is 0 Å². The van der Waals surface area contributed by atoms with Gasteiger partial charge in [-0.05, 0) is 26.4 Å². The Labute approximate surface area is 118 Å². The minimum atomic E-state index is -0.931. The predicted molar refractivity (Wildman–Crippen MR) is 72.5 cm³/mol. The molecule has 3 N–H and O–H groups in total. The number of carbonyl (C=O) groups is 2. The highest BCUT2D eigenvalue weighted by molar-refractivity contribution is 5.77. The van der Waals surface area contributed by atoms with Gasteiger partial charge in [0.1, 0.15) is 5.92 Å². The third kappa shape index (κ3) is 3.83. The summed E-state index contributed by atoms with van der Waals surface area (Å²) in [4.78, 5) is 25.1. The maximum Gasteiger partial charge on any atom is 0.315 e. The number of carboxylic acid groups (broad SMARTS) is 1. The first-order valence-electron chi connectivity index (χ1n) is 7.13. The summed E-state index contributed by atoms with van der Waals surface area (Å²) >= 11 is 0. The van der Waals surface area contributed by atoms with E-state index in [0.717, 1.165) is 13.0 Å². The fourth-order valence-corrected chi connectivity index (χ4v) is 2.77. The molecule has 2 aliphatic heterocycles. The molecule has 3 unspecified atom stereocenters. The van der Waals surface area contributed by atoms with Crippen molar-refractivity contribution in [2.75, 3.05) is 33.4 Å². The lowest BCUT2D eigenvalue weighted by Gasteiger charge is -2.32. The summed E-state index contributed by atoms with van der Waals surface area (Å²) in [5.74, 6) is -1.59. The second kappa shape index (κ2) is 6.90. The zero-order chi connectivity index (χ0) is 14.5. The molecule has 2 amide bonds. The van der Waals surface area contributed by atoms with E-state index in [1.165, 1.54) is 12.8 Å². The molecule has 0 saturated carbocycles. The molecule has 20 heavy (non-hydrogen) atoms.